The van der Waals surface area contributed by atoms with E-state index in [0.29, 0.717) is 25.2 Å². The lowest BCUT2D eigenvalue weighted by atomic mass is 9.95. The minimum atomic E-state index is -1.38. The zero-order valence-corrected chi connectivity index (χ0v) is 19.7. The first-order valence-corrected chi connectivity index (χ1v) is 12.0. The van der Waals surface area contributed by atoms with Crippen molar-refractivity contribution in [3.05, 3.63) is 59.7 Å². The zero-order valence-electron chi connectivity index (χ0n) is 19.7. The van der Waals surface area contributed by atoms with Gasteiger partial charge in [-0.2, -0.15) is 0 Å². The molecule has 0 aromatic heterocycles. The topological polar surface area (TPSA) is 105 Å². The lowest BCUT2D eigenvalue weighted by molar-refractivity contribution is -0.147. The van der Waals surface area contributed by atoms with E-state index in [1.807, 2.05) is 43.3 Å². The molecule has 2 aliphatic carbocycles. The van der Waals surface area contributed by atoms with Crippen molar-refractivity contribution in [1.82, 2.24) is 10.6 Å². The van der Waals surface area contributed by atoms with E-state index < -0.39 is 29.6 Å². The summed E-state index contributed by atoms with van der Waals surface area (Å²) < 4.78 is 5.60. The van der Waals surface area contributed by atoms with Gasteiger partial charge < -0.3 is 20.5 Å². The predicted molar refractivity (Wildman–Crippen MR) is 128 cm³/mol. The van der Waals surface area contributed by atoms with Crippen LogP contribution in [0.2, 0.25) is 0 Å². The summed E-state index contributed by atoms with van der Waals surface area (Å²) in [5.74, 6) is -1.30. The molecule has 34 heavy (non-hydrogen) atoms. The molecule has 2 aromatic rings. The van der Waals surface area contributed by atoms with Crippen molar-refractivity contribution in [3.63, 3.8) is 0 Å². The summed E-state index contributed by atoms with van der Waals surface area (Å²) in [5, 5.41) is 15.0. The van der Waals surface area contributed by atoms with Crippen molar-refractivity contribution in [1.29, 1.82) is 0 Å². The molecular weight excluding hydrogens is 432 g/mol. The summed E-state index contributed by atoms with van der Waals surface area (Å²) in [6.07, 6.45) is 2.71. The van der Waals surface area contributed by atoms with E-state index in [-0.39, 0.29) is 12.5 Å². The fraction of sp³-hybridized carbons (Fsp3) is 0.444. The number of carboxylic acid groups (broad SMARTS) is 1. The van der Waals surface area contributed by atoms with Crippen LogP contribution in [0.3, 0.4) is 0 Å². The highest BCUT2D eigenvalue weighted by molar-refractivity contribution is 5.91. The standard InChI is InChI=1S/C27H32N2O5/c1-3-14-27(2,25(31)32)29-24(30)23(15-17-12-13-17)28-26(33)34-16-22-20-10-6-4-8-18(20)19-9-5-7-11-21(19)22/h4-11,17,22-23H,3,12-16H2,1-2H3,(H,28,33)(H,29,30)(H,31,32). The van der Waals surface area contributed by atoms with E-state index in [9.17, 15) is 19.5 Å². The largest absolute Gasteiger partial charge is 0.480 e. The smallest absolute Gasteiger partial charge is 0.407 e. The molecule has 2 atom stereocenters. The summed E-state index contributed by atoms with van der Waals surface area (Å²) in [6, 6.07) is 15.3. The van der Waals surface area contributed by atoms with Crippen molar-refractivity contribution in [3.8, 4) is 11.1 Å². The second-order valence-corrected chi connectivity index (χ2v) is 9.58. The maximum atomic E-state index is 13.0. The molecule has 0 heterocycles. The average molecular weight is 465 g/mol. The Morgan fingerprint density at radius 2 is 1.65 bits per heavy atom. The van der Waals surface area contributed by atoms with Crippen molar-refractivity contribution in [2.45, 2.75) is 63.5 Å². The molecule has 180 valence electrons. The molecule has 0 saturated heterocycles. The molecule has 2 aromatic carbocycles. The lowest BCUT2D eigenvalue weighted by Gasteiger charge is -2.28. The van der Waals surface area contributed by atoms with E-state index in [1.54, 1.807) is 0 Å². The molecule has 1 saturated carbocycles. The molecule has 3 N–H and O–H groups in total. The van der Waals surface area contributed by atoms with E-state index in [0.717, 1.165) is 35.1 Å². The Kier molecular flexibility index (Phi) is 6.91. The fourth-order valence-corrected chi connectivity index (χ4v) is 4.78. The third-order valence-corrected chi connectivity index (χ3v) is 6.84. The number of amides is 2. The number of benzene rings is 2. The number of carboxylic acids is 1. The first-order valence-electron chi connectivity index (χ1n) is 12.0. The summed E-state index contributed by atoms with van der Waals surface area (Å²) in [4.78, 5) is 37.5. The third kappa shape index (κ3) is 5.08. The van der Waals surface area contributed by atoms with Crippen molar-refractivity contribution in [2.75, 3.05) is 6.61 Å². The van der Waals surface area contributed by atoms with Gasteiger partial charge in [0.2, 0.25) is 5.91 Å². The fourth-order valence-electron chi connectivity index (χ4n) is 4.78. The second kappa shape index (κ2) is 9.87. The van der Waals surface area contributed by atoms with Crippen LogP contribution in [-0.2, 0) is 14.3 Å². The molecule has 0 bridgehead atoms. The van der Waals surface area contributed by atoms with E-state index in [4.69, 9.17) is 4.74 Å². The monoisotopic (exact) mass is 464 g/mol. The zero-order chi connectivity index (χ0) is 24.3. The maximum Gasteiger partial charge on any atom is 0.407 e. The number of hydrogen-bond donors (Lipinski definition) is 3. The highest BCUT2D eigenvalue weighted by atomic mass is 16.5. The molecule has 0 aliphatic heterocycles. The maximum absolute atomic E-state index is 13.0. The highest BCUT2D eigenvalue weighted by Crippen LogP contribution is 2.44. The Bertz CT molecular complexity index is 1030. The van der Waals surface area contributed by atoms with Crippen LogP contribution in [0.15, 0.2) is 48.5 Å². The van der Waals surface area contributed by atoms with Gasteiger partial charge >= 0.3 is 12.1 Å². The minimum Gasteiger partial charge on any atom is -0.480 e. The minimum absolute atomic E-state index is 0.0753. The first-order chi connectivity index (χ1) is 16.3. The van der Waals surface area contributed by atoms with Gasteiger partial charge in [-0.1, -0.05) is 74.7 Å². The van der Waals surface area contributed by atoms with Crippen LogP contribution in [0.4, 0.5) is 4.79 Å². The molecule has 7 heteroatoms. The number of nitrogens with one attached hydrogen (secondary N) is 2. The van der Waals surface area contributed by atoms with Gasteiger partial charge in [0.1, 0.15) is 18.2 Å². The Morgan fingerprint density at radius 1 is 1.06 bits per heavy atom. The third-order valence-electron chi connectivity index (χ3n) is 6.84. The van der Waals surface area contributed by atoms with Gasteiger partial charge in [0.15, 0.2) is 0 Å². The Labute approximate surface area is 199 Å². The molecule has 7 nitrogen and oxygen atoms in total. The van der Waals surface area contributed by atoms with E-state index in [2.05, 4.69) is 22.8 Å². The number of alkyl carbamates (subject to hydrolysis) is 1. The summed E-state index contributed by atoms with van der Waals surface area (Å²) in [7, 11) is 0. The molecule has 2 unspecified atom stereocenters. The summed E-state index contributed by atoms with van der Waals surface area (Å²) >= 11 is 0. The quantitative estimate of drug-likeness (QED) is 0.482. The van der Waals surface area contributed by atoms with Gasteiger partial charge in [0.05, 0.1) is 0 Å². The van der Waals surface area contributed by atoms with Crippen LogP contribution in [-0.4, -0.2) is 41.3 Å². The van der Waals surface area contributed by atoms with Crippen LogP contribution >= 0.6 is 0 Å². The molecule has 2 amide bonds. The first kappa shape index (κ1) is 23.8. The van der Waals surface area contributed by atoms with E-state index >= 15 is 0 Å². The lowest BCUT2D eigenvalue weighted by Crippen LogP contribution is -2.58. The average Bonchev–Trinajstić information content (AvgIpc) is 3.58. The Balaban J connectivity index is 1.42. The molecular formula is C27H32N2O5. The van der Waals surface area contributed by atoms with Gasteiger partial charge in [-0.15, -0.1) is 0 Å². The second-order valence-electron chi connectivity index (χ2n) is 9.58. The van der Waals surface area contributed by atoms with Crippen molar-refractivity contribution < 1.29 is 24.2 Å². The number of hydrogen-bond acceptors (Lipinski definition) is 4. The van der Waals surface area contributed by atoms with Gasteiger partial charge in [-0.25, -0.2) is 9.59 Å². The predicted octanol–water partition coefficient (Wildman–Crippen LogP) is 4.45. The molecule has 0 spiro atoms. The van der Waals surface area contributed by atoms with Crippen LogP contribution in [0, 0.1) is 5.92 Å². The normalized spacial score (nSPS) is 17.1. The van der Waals surface area contributed by atoms with Crippen LogP contribution < -0.4 is 10.6 Å². The number of fused-ring (bicyclic) bond motifs is 3. The number of carbonyl (C=O) groups is 3. The number of rotatable bonds is 10. The van der Waals surface area contributed by atoms with Gasteiger partial charge in [-0.3, -0.25) is 4.79 Å². The van der Waals surface area contributed by atoms with Gasteiger partial charge in [0, 0.05) is 5.92 Å². The number of carbonyl (C=O) groups excluding carboxylic acids is 2. The Hall–Kier alpha value is -3.35. The number of ether oxygens (including phenoxy) is 1. The van der Waals surface area contributed by atoms with Crippen molar-refractivity contribution >= 4 is 18.0 Å². The van der Waals surface area contributed by atoms with Crippen molar-refractivity contribution in [2.24, 2.45) is 5.92 Å². The highest BCUT2D eigenvalue weighted by Gasteiger charge is 2.38. The van der Waals surface area contributed by atoms with Gasteiger partial charge in [-0.05, 0) is 47.9 Å². The molecule has 1 fully saturated rings. The number of aliphatic carboxylic acids is 1. The molecule has 4 rings (SSSR count). The Morgan fingerprint density at radius 3 is 2.18 bits per heavy atom. The molecule has 2 aliphatic rings. The summed E-state index contributed by atoms with van der Waals surface area (Å²) in [6.45, 7) is 3.52. The molecule has 0 radical (unpaired) electrons. The van der Waals surface area contributed by atoms with E-state index in [1.165, 1.54) is 6.92 Å². The van der Waals surface area contributed by atoms with Gasteiger partial charge in [0.25, 0.3) is 0 Å². The SMILES string of the molecule is CCCC(C)(NC(=O)C(CC1CC1)NC(=O)OCC1c2ccccc2-c2ccccc21)C(=O)O. The van der Waals surface area contributed by atoms with Crippen LogP contribution in [0.25, 0.3) is 11.1 Å². The van der Waals surface area contributed by atoms with Crippen LogP contribution in [0.5, 0.6) is 0 Å². The summed E-state index contributed by atoms with van der Waals surface area (Å²) in [5.41, 5.74) is 3.13. The van der Waals surface area contributed by atoms with Crippen LogP contribution in [0.1, 0.15) is 63.0 Å².